The summed E-state index contributed by atoms with van der Waals surface area (Å²) in [4.78, 5) is 25.3. The fraction of sp³-hybridized carbons (Fsp3) is 0.556. The second-order valence-corrected chi connectivity index (χ2v) is 6.80. The number of carboxylic acids is 1. The first-order chi connectivity index (χ1) is 10.3. The fourth-order valence-electron chi connectivity index (χ4n) is 2.79. The van der Waals surface area contributed by atoms with E-state index in [1.807, 2.05) is 18.2 Å². The lowest BCUT2D eigenvalue weighted by molar-refractivity contribution is -0.150. The van der Waals surface area contributed by atoms with Gasteiger partial charge in [0.05, 0.1) is 0 Å². The van der Waals surface area contributed by atoms with Gasteiger partial charge in [0.1, 0.15) is 6.04 Å². The standard InChI is InChI=1S/C18H25NO3/c1-13(17(21)22)19(15-9-10-15)16(20)11-12-18(2,3)14-7-5-4-6-8-14/h4-8,13,15H,9-12H2,1-3H3,(H,21,22). The predicted molar refractivity (Wildman–Crippen MR) is 85.7 cm³/mol. The Morgan fingerprint density at radius 1 is 1.27 bits per heavy atom. The highest BCUT2D eigenvalue weighted by atomic mass is 16.4. The number of nitrogens with zero attached hydrogens (tertiary/aromatic N) is 1. The Morgan fingerprint density at radius 3 is 2.36 bits per heavy atom. The third-order valence-electron chi connectivity index (χ3n) is 4.52. The van der Waals surface area contributed by atoms with Gasteiger partial charge in [0.25, 0.3) is 0 Å². The lowest BCUT2D eigenvalue weighted by Crippen LogP contribution is -2.45. The maximum atomic E-state index is 12.5. The topological polar surface area (TPSA) is 57.6 Å². The zero-order valence-electron chi connectivity index (χ0n) is 13.6. The average molecular weight is 303 g/mol. The number of carbonyl (C=O) groups excluding carboxylic acids is 1. The molecule has 1 aromatic carbocycles. The third-order valence-corrected chi connectivity index (χ3v) is 4.52. The van der Waals surface area contributed by atoms with Gasteiger partial charge in [0, 0.05) is 12.5 Å². The van der Waals surface area contributed by atoms with E-state index in [-0.39, 0.29) is 17.4 Å². The van der Waals surface area contributed by atoms with Crippen molar-refractivity contribution in [2.45, 2.75) is 64.0 Å². The van der Waals surface area contributed by atoms with Crippen LogP contribution in [0.15, 0.2) is 30.3 Å². The van der Waals surface area contributed by atoms with Crippen LogP contribution in [0.5, 0.6) is 0 Å². The van der Waals surface area contributed by atoms with Gasteiger partial charge in [-0.15, -0.1) is 0 Å². The first-order valence-corrected chi connectivity index (χ1v) is 7.92. The molecule has 0 heterocycles. The van der Waals surface area contributed by atoms with Crippen molar-refractivity contribution in [3.63, 3.8) is 0 Å². The van der Waals surface area contributed by atoms with Gasteiger partial charge >= 0.3 is 5.97 Å². The van der Waals surface area contributed by atoms with Crippen LogP contribution in [0.3, 0.4) is 0 Å². The van der Waals surface area contributed by atoms with Gasteiger partial charge in [-0.25, -0.2) is 4.79 Å². The molecule has 0 radical (unpaired) electrons. The number of rotatable bonds is 7. The minimum atomic E-state index is -0.928. The number of benzene rings is 1. The molecule has 0 spiro atoms. The number of hydrogen-bond donors (Lipinski definition) is 1. The average Bonchev–Trinajstić information content (AvgIpc) is 3.31. The second-order valence-electron chi connectivity index (χ2n) is 6.80. The van der Waals surface area contributed by atoms with Crippen LogP contribution in [-0.2, 0) is 15.0 Å². The highest BCUT2D eigenvalue weighted by Crippen LogP contribution is 2.32. The number of hydrogen-bond acceptors (Lipinski definition) is 2. The molecule has 1 aliphatic rings. The largest absolute Gasteiger partial charge is 0.480 e. The summed E-state index contributed by atoms with van der Waals surface area (Å²) < 4.78 is 0. The van der Waals surface area contributed by atoms with Crippen molar-refractivity contribution in [3.05, 3.63) is 35.9 Å². The molecule has 1 aliphatic carbocycles. The highest BCUT2D eigenvalue weighted by molar-refractivity contribution is 5.84. The van der Waals surface area contributed by atoms with Crippen molar-refractivity contribution < 1.29 is 14.7 Å². The van der Waals surface area contributed by atoms with Gasteiger partial charge in [-0.2, -0.15) is 0 Å². The van der Waals surface area contributed by atoms with Crippen LogP contribution in [0.2, 0.25) is 0 Å². The Bertz CT molecular complexity index is 535. The van der Waals surface area contributed by atoms with Gasteiger partial charge in [0.2, 0.25) is 5.91 Å². The molecule has 1 saturated carbocycles. The molecule has 1 aromatic rings. The van der Waals surface area contributed by atoms with E-state index in [4.69, 9.17) is 0 Å². The molecule has 0 saturated heterocycles. The molecule has 1 N–H and O–H groups in total. The maximum absolute atomic E-state index is 12.5. The van der Waals surface area contributed by atoms with Crippen LogP contribution >= 0.6 is 0 Å². The van der Waals surface area contributed by atoms with Gasteiger partial charge in [0.15, 0.2) is 0 Å². The first-order valence-electron chi connectivity index (χ1n) is 7.92. The Hall–Kier alpha value is -1.84. The molecular formula is C18H25NO3. The fourth-order valence-corrected chi connectivity index (χ4v) is 2.79. The molecule has 22 heavy (non-hydrogen) atoms. The lowest BCUT2D eigenvalue weighted by Gasteiger charge is -2.29. The van der Waals surface area contributed by atoms with Gasteiger partial charge < -0.3 is 10.0 Å². The van der Waals surface area contributed by atoms with Crippen molar-refractivity contribution in [1.29, 1.82) is 0 Å². The van der Waals surface area contributed by atoms with E-state index in [0.29, 0.717) is 12.8 Å². The molecule has 2 rings (SSSR count). The number of aliphatic carboxylic acids is 1. The van der Waals surface area contributed by atoms with E-state index < -0.39 is 12.0 Å². The molecule has 4 heteroatoms. The zero-order chi connectivity index (χ0) is 16.3. The second kappa shape index (κ2) is 6.51. The molecule has 4 nitrogen and oxygen atoms in total. The monoisotopic (exact) mass is 303 g/mol. The molecule has 1 unspecified atom stereocenters. The van der Waals surface area contributed by atoms with Crippen molar-refractivity contribution >= 4 is 11.9 Å². The summed E-state index contributed by atoms with van der Waals surface area (Å²) in [6.45, 7) is 5.84. The molecule has 0 aliphatic heterocycles. The number of amides is 1. The van der Waals surface area contributed by atoms with Crippen LogP contribution in [0.25, 0.3) is 0 Å². The van der Waals surface area contributed by atoms with Crippen molar-refractivity contribution in [1.82, 2.24) is 4.90 Å². The summed E-state index contributed by atoms with van der Waals surface area (Å²) in [5.74, 6) is -0.969. The van der Waals surface area contributed by atoms with Gasteiger partial charge in [-0.3, -0.25) is 4.79 Å². The summed E-state index contributed by atoms with van der Waals surface area (Å²) in [5.41, 5.74) is 1.10. The predicted octanol–water partition coefficient (Wildman–Crippen LogP) is 3.21. The Balaban J connectivity index is 2.00. The molecule has 120 valence electrons. The summed E-state index contributed by atoms with van der Waals surface area (Å²) in [6, 6.07) is 9.52. The van der Waals surface area contributed by atoms with Crippen molar-refractivity contribution in [2.24, 2.45) is 0 Å². The summed E-state index contributed by atoms with van der Waals surface area (Å²) >= 11 is 0. The van der Waals surface area contributed by atoms with E-state index in [1.54, 1.807) is 11.8 Å². The van der Waals surface area contributed by atoms with E-state index in [1.165, 1.54) is 5.56 Å². The molecular weight excluding hydrogens is 278 g/mol. The molecule has 0 aromatic heterocycles. The van der Waals surface area contributed by atoms with Crippen LogP contribution in [-0.4, -0.2) is 34.0 Å². The van der Waals surface area contributed by atoms with Crippen LogP contribution < -0.4 is 0 Å². The number of carboxylic acid groups (broad SMARTS) is 1. The lowest BCUT2D eigenvalue weighted by atomic mass is 9.80. The van der Waals surface area contributed by atoms with Crippen LogP contribution in [0, 0.1) is 0 Å². The smallest absolute Gasteiger partial charge is 0.326 e. The van der Waals surface area contributed by atoms with Crippen molar-refractivity contribution in [2.75, 3.05) is 0 Å². The normalized spacial score (nSPS) is 16.1. The SMILES string of the molecule is CC(C(=O)O)N(C(=O)CCC(C)(C)c1ccccc1)C1CC1. The van der Waals surface area contributed by atoms with E-state index in [9.17, 15) is 14.7 Å². The molecule has 0 bridgehead atoms. The molecule has 1 atom stereocenters. The van der Waals surface area contributed by atoms with E-state index in [2.05, 4.69) is 26.0 Å². The summed E-state index contributed by atoms with van der Waals surface area (Å²) in [5, 5.41) is 9.19. The maximum Gasteiger partial charge on any atom is 0.326 e. The van der Waals surface area contributed by atoms with Gasteiger partial charge in [-0.1, -0.05) is 44.2 Å². The number of carbonyl (C=O) groups is 2. The Labute approximate surface area is 132 Å². The van der Waals surface area contributed by atoms with Crippen molar-refractivity contribution in [3.8, 4) is 0 Å². The third kappa shape index (κ3) is 3.87. The minimum Gasteiger partial charge on any atom is -0.480 e. The quantitative estimate of drug-likeness (QED) is 0.841. The van der Waals surface area contributed by atoms with Crippen LogP contribution in [0.4, 0.5) is 0 Å². The summed E-state index contributed by atoms with van der Waals surface area (Å²) in [7, 11) is 0. The van der Waals surface area contributed by atoms with Gasteiger partial charge in [-0.05, 0) is 37.2 Å². The minimum absolute atomic E-state index is 0.0404. The molecule has 1 fully saturated rings. The Morgan fingerprint density at radius 2 is 1.86 bits per heavy atom. The first kappa shape index (κ1) is 16.5. The van der Waals surface area contributed by atoms with E-state index in [0.717, 1.165) is 12.8 Å². The summed E-state index contributed by atoms with van der Waals surface area (Å²) in [6.07, 6.45) is 2.94. The zero-order valence-corrected chi connectivity index (χ0v) is 13.6. The highest BCUT2D eigenvalue weighted by Gasteiger charge is 2.38. The molecule has 1 amide bonds. The Kier molecular flexibility index (Phi) is 4.89. The van der Waals surface area contributed by atoms with E-state index >= 15 is 0 Å². The van der Waals surface area contributed by atoms with Crippen LogP contribution in [0.1, 0.15) is 52.0 Å².